The summed E-state index contributed by atoms with van der Waals surface area (Å²) in [6.45, 7) is 0. The quantitative estimate of drug-likeness (QED) is 0.148. The second-order valence-electron chi connectivity index (χ2n) is 8.20. The van der Waals surface area contributed by atoms with Gasteiger partial charge < -0.3 is 0 Å². The molecule has 1 aromatic carbocycles. The van der Waals surface area contributed by atoms with Crippen LogP contribution in [0.15, 0.2) is 40.1 Å². The molecule has 2 heterocycles. The fourth-order valence-corrected chi connectivity index (χ4v) is 5.14. The number of halogens is 9. The smallest absolute Gasteiger partial charge is 0.294 e. The fraction of sp³-hybridized carbons (Fsp3) is 0.381. The van der Waals surface area contributed by atoms with Crippen molar-refractivity contribution in [1.29, 1.82) is 0 Å². The summed E-state index contributed by atoms with van der Waals surface area (Å²) in [5, 5.41) is 1.76. The molecule has 4 rings (SSSR count). The van der Waals surface area contributed by atoms with Gasteiger partial charge in [0.15, 0.2) is 11.6 Å². The van der Waals surface area contributed by atoms with Crippen molar-refractivity contribution in [3.63, 3.8) is 0 Å². The van der Waals surface area contributed by atoms with Gasteiger partial charge in [0.05, 0.1) is 15.7 Å². The van der Waals surface area contributed by atoms with E-state index in [4.69, 9.17) is 11.6 Å². The Kier molecular flexibility index (Phi) is 7.01. The summed E-state index contributed by atoms with van der Waals surface area (Å²) < 4.78 is 93.9. The largest absolute Gasteiger partial charge is 0.460 e. The first-order valence-electron chi connectivity index (χ1n) is 10.2. The average molecular weight is 620 g/mol. The average Bonchev–Trinajstić information content (AvgIpc) is 3.37. The first kappa shape index (κ1) is 27.0. The van der Waals surface area contributed by atoms with Gasteiger partial charge in [-0.05, 0) is 64.1 Å². The molecular weight excluding hydrogens is 605 g/mol. The zero-order valence-corrected chi connectivity index (χ0v) is 21.3. The molecule has 0 radical (unpaired) electrons. The molecule has 2 aromatic heterocycles. The number of thioether (sulfide) groups is 1. The molecule has 0 aliphatic heterocycles. The van der Waals surface area contributed by atoms with E-state index in [1.54, 1.807) is 18.2 Å². The van der Waals surface area contributed by atoms with Crippen LogP contribution in [0.4, 0.5) is 30.7 Å². The summed E-state index contributed by atoms with van der Waals surface area (Å²) in [6, 6.07) is 4.82. The number of hydrogen-bond donors (Lipinski definition) is 0. The highest BCUT2D eigenvalue weighted by molar-refractivity contribution is 9.10. The van der Waals surface area contributed by atoms with Crippen LogP contribution in [-0.2, 0) is 7.05 Å². The Bertz CT molecular complexity index is 1320. The Morgan fingerprint density at radius 1 is 1.17 bits per heavy atom. The van der Waals surface area contributed by atoms with Crippen LogP contribution in [0.25, 0.3) is 16.9 Å². The summed E-state index contributed by atoms with van der Waals surface area (Å²) in [6.07, 6.45) is -1.22. The maximum Gasteiger partial charge on any atom is 0.460 e. The summed E-state index contributed by atoms with van der Waals surface area (Å²) in [7, 11) is 1.28. The number of carbonyl (C=O) groups excluding carboxylic acids is 1. The minimum absolute atomic E-state index is 0.00567. The highest BCUT2D eigenvalue weighted by atomic mass is 79.9. The first-order valence-corrected chi connectivity index (χ1v) is 12.2. The van der Waals surface area contributed by atoms with Crippen molar-refractivity contribution < 1.29 is 35.5 Å². The molecule has 3 aromatic rings. The fourth-order valence-electron chi connectivity index (χ4n) is 3.33. The minimum Gasteiger partial charge on any atom is -0.294 e. The number of ketones is 1. The maximum absolute atomic E-state index is 13.9. The zero-order chi connectivity index (χ0) is 26.6. The molecule has 0 unspecified atom stereocenters. The predicted octanol–water partition coefficient (Wildman–Crippen LogP) is 7.55. The SMILES string of the molecule is Cn1nc(SC(F)(F)C(F)(F)C(F)(F)F)c(Br)c1-n1cc(-c2ccc(Cl)c(C(=O)CC3CC3)c2)cn1. The van der Waals surface area contributed by atoms with Crippen LogP contribution in [-0.4, -0.2) is 42.7 Å². The van der Waals surface area contributed by atoms with Gasteiger partial charge in [-0.2, -0.15) is 40.9 Å². The van der Waals surface area contributed by atoms with Crippen molar-refractivity contribution in [3.05, 3.63) is 45.7 Å². The van der Waals surface area contributed by atoms with Crippen LogP contribution >= 0.6 is 39.3 Å². The second-order valence-corrected chi connectivity index (χ2v) is 10.5. The number of nitrogens with zero attached hydrogens (tertiary/aromatic N) is 4. The van der Waals surface area contributed by atoms with Gasteiger partial charge in [-0.3, -0.25) is 4.79 Å². The number of Topliss-reactive ketones (excluding diaryl/α,β-unsaturated/α-hetero) is 1. The molecule has 1 saturated carbocycles. The van der Waals surface area contributed by atoms with E-state index in [1.807, 2.05) is 0 Å². The lowest BCUT2D eigenvalue weighted by molar-refractivity contribution is -0.330. The molecule has 0 N–H and O–H groups in total. The van der Waals surface area contributed by atoms with Crippen molar-refractivity contribution in [2.24, 2.45) is 13.0 Å². The lowest BCUT2D eigenvalue weighted by Crippen LogP contribution is -2.50. The zero-order valence-electron chi connectivity index (χ0n) is 18.1. The minimum atomic E-state index is -6.46. The van der Waals surface area contributed by atoms with Crippen molar-refractivity contribution >= 4 is 45.1 Å². The first-order chi connectivity index (χ1) is 16.6. The van der Waals surface area contributed by atoms with Gasteiger partial charge in [-0.25, -0.2) is 9.36 Å². The van der Waals surface area contributed by atoms with Crippen LogP contribution in [0.1, 0.15) is 29.6 Å². The Morgan fingerprint density at radius 3 is 2.44 bits per heavy atom. The normalized spacial score (nSPS) is 14.9. The standard InChI is InChI=1S/C21H15BrClF7N4OS/c1-33-18(16(22)17(32-33)36-21(29,30)19(24,25)20(26,27)28)34-9-12(8-31-34)11-4-5-14(23)13(7-11)15(35)6-10-2-3-10/h4-5,7-10H,2-3,6H2,1H3. The maximum atomic E-state index is 13.9. The van der Waals surface area contributed by atoms with E-state index in [2.05, 4.69) is 26.1 Å². The third-order valence-electron chi connectivity index (χ3n) is 5.45. The van der Waals surface area contributed by atoms with Gasteiger partial charge in [0.1, 0.15) is 5.03 Å². The summed E-state index contributed by atoms with van der Waals surface area (Å²) in [5.41, 5.74) is 1.43. The van der Waals surface area contributed by atoms with Gasteiger partial charge in [0.25, 0.3) is 0 Å². The summed E-state index contributed by atoms with van der Waals surface area (Å²) in [4.78, 5) is 12.6. The highest BCUT2D eigenvalue weighted by Gasteiger charge is 2.73. The lowest BCUT2D eigenvalue weighted by atomic mass is 10.0. The van der Waals surface area contributed by atoms with E-state index in [0.717, 1.165) is 17.5 Å². The number of benzene rings is 1. The van der Waals surface area contributed by atoms with Crippen LogP contribution in [0, 0.1) is 5.92 Å². The molecule has 0 bridgehead atoms. The number of aromatic nitrogens is 4. The number of hydrogen-bond acceptors (Lipinski definition) is 4. The highest BCUT2D eigenvalue weighted by Crippen LogP contribution is 2.54. The van der Waals surface area contributed by atoms with Crippen molar-refractivity contribution in [2.75, 3.05) is 0 Å². The van der Waals surface area contributed by atoms with Crippen molar-refractivity contribution in [2.45, 2.75) is 41.6 Å². The summed E-state index contributed by atoms with van der Waals surface area (Å²) >= 11 is 8.13. The van der Waals surface area contributed by atoms with Crippen LogP contribution in [0.2, 0.25) is 5.02 Å². The topological polar surface area (TPSA) is 52.7 Å². The van der Waals surface area contributed by atoms with E-state index in [9.17, 15) is 35.5 Å². The Balaban J connectivity index is 1.63. The third-order valence-corrected chi connectivity index (χ3v) is 7.76. The molecule has 1 aliphatic rings. The molecule has 0 spiro atoms. The van der Waals surface area contributed by atoms with Gasteiger partial charge in [0, 0.05) is 30.8 Å². The number of aryl methyl sites for hydroxylation is 1. The monoisotopic (exact) mass is 618 g/mol. The molecule has 5 nitrogen and oxygen atoms in total. The lowest BCUT2D eigenvalue weighted by Gasteiger charge is -2.26. The molecule has 36 heavy (non-hydrogen) atoms. The molecular formula is C21H15BrClF7N4OS. The Hall–Kier alpha value is -2.06. The number of rotatable bonds is 8. The van der Waals surface area contributed by atoms with E-state index in [0.29, 0.717) is 34.1 Å². The third kappa shape index (κ3) is 5.03. The van der Waals surface area contributed by atoms with Gasteiger partial charge in [0.2, 0.25) is 0 Å². The predicted molar refractivity (Wildman–Crippen MR) is 122 cm³/mol. The molecule has 1 aliphatic carbocycles. The molecule has 1 fully saturated rings. The van der Waals surface area contributed by atoms with E-state index >= 15 is 0 Å². The van der Waals surface area contributed by atoms with Gasteiger partial charge in [-0.1, -0.05) is 17.7 Å². The molecule has 0 atom stereocenters. The number of alkyl halides is 7. The van der Waals surface area contributed by atoms with E-state index < -0.39 is 34.1 Å². The molecule has 0 saturated heterocycles. The van der Waals surface area contributed by atoms with Crippen LogP contribution < -0.4 is 0 Å². The second kappa shape index (κ2) is 9.35. The number of carbonyl (C=O) groups is 1. The summed E-state index contributed by atoms with van der Waals surface area (Å²) in [5.74, 6) is -6.03. The van der Waals surface area contributed by atoms with E-state index in [-0.39, 0.29) is 16.1 Å². The Labute approximate surface area is 217 Å². The van der Waals surface area contributed by atoms with Gasteiger partial charge >= 0.3 is 17.4 Å². The molecule has 15 heteroatoms. The van der Waals surface area contributed by atoms with Crippen LogP contribution in [0.3, 0.4) is 0 Å². The Morgan fingerprint density at radius 2 is 1.83 bits per heavy atom. The molecule has 194 valence electrons. The van der Waals surface area contributed by atoms with Gasteiger partial charge in [-0.15, -0.1) is 0 Å². The van der Waals surface area contributed by atoms with E-state index in [1.165, 1.54) is 24.1 Å². The van der Waals surface area contributed by atoms with Crippen molar-refractivity contribution in [1.82, 2.24) is 19.6 Å². The molecule has 0 amide bonds. The van der Waals surface area contributed by atoms with Crippen LogP contribution in [0.5, 0.6) is 0 Å². The van der Waals surface area contributed by atoms with Crippen molar-refractivity contribution in [3.8, 4) is 16.9 Å².